The third kappa shape index (κ3) is 7.42. The van der Waals surface area contributed by atoms with Crippen LogP contribution < -0.4 is 0 Å². The van der Waals surface area contributed by atoms with Gasteiger partial charge in [-0.15, -0.1) is 13.2 Å². The quantitative estimate of drug-likeness (QED) is 0.362. The highest BCUT2D eigenvalue weighted by atomic mass is 32.1. The second-order valence-electron chi connectivity index (χ2n) is 2.92. The molecule has 0 aromatic heterocycles. The van der Waals surface area contributed by atoms with E-state index >= 15 is 0 Å². The van der Waals surface area contributed by atoms with E-state index < -0.39 is 0 Å². The zero-order chi connectivity index (χ0) is 11.7. The van der Waals surface area contributed by atoms with Crippen molar-refractivity contribution in [2.24, 2.45) is 0 Å². The molecular weight excluding hydrogens is 240 g/mol. The molecule has 0 fully saturated rings. The van der Waals surface area contributed by atoms with Gasteiger partial charge in [-0.25, -0.2) is 0 Å². The minimum Gasteiger partial charge on any atom is -0.103 e. The van der Waals surface area contributed by atoms with Crippen LogP contribution >= 0.6 is 36.7 Å². The Balaban J connectivity index is 4.01. The van der Waals surface area contributed by atoms with Gasteiger partial charge >= 0.3 is 0 Å². The molecular formula is C12H14S3. The second kappa shape index (κ2) is 8.77. The van der Waals surface area contributed by atoms with Gasteiger partial charge in [0.1, 0.15) is 0 Å². The molecule has 0 aliphatic carbocycles. The monoisotopic (exact) mass is 254 g/mol. The molecule has 0 amide bonds. The van der Waals surface area contributed by atoms with Crippen molar-refractivity contribution in [1.82, 2.24) is 0 Å². The third-order valence-corrected chi connectivity index (χ3v) is 2.82. The molecule has 0 N–H and O–H groups in total. The smallest absolute Gasteiger partial charge is 0.0516 e. The molecule has 0 saturated carbocycles. The van der Waals surface area contributed by atoms with Gasteiger partial charge in [-0.3, -0.25) is 0 Å². The molecule has 0 bridgehead atoms. The van der Waals surface area contributed by atoms with E-state index in [0.717, 1.165) is 22.6 Å². The highest BCUT2D eigenvalue weighted by Crippen LogP contribution is 1.99. The van der Waals surface area contributed by atoms with Gasteiger partial charge in [0, 0.05) is 16.1 Å². The Morgan fingerprint density at radius 1 is 0.933 bits per heavy atom. The van der Waals surface area contributed by atoms with Crippen molar-refractivity contribution in [3.8, 4) is 0 Å². The van der Waals surface area contributed by atoms with Crippen molar-refractivity contribution in [2.75, 3.05) is 0 Å². The Morgan fingerprint density at radius 2 is 1.53 bits per heavy atom. The summed E-state index contributed by atoms with van der Waals surface area (Å²) in [5, 5.41) is 0. The number of allylic oxidation sites excluding steroid dienone is 4. The highest BCUT2D eigenvalue weighted by Gasteiger charge is 1.98. The largest absolute Gasteiger partial charge is 0.103 e. The van der Waals surface area contributed by atoms with Gasteiger partial charge in [0.15, 0.2) is 0 Å². The number of rotatable bonds is 8. The Labute approximate surface area is 108 Å². The minimum atomic E-state index is 0.662. The molecule has 0 unspecified atom stereocenters. The molecule has 3 heteroatoms. The molecule has 0 aromatic carbocycles. The van der Waals surface area contributed by atoms with Crippen molar-refractivity contribution in [2.45, 2.75) is 19.3 Å². The molecule has 0 nitrogen and oxygen atoms in total. The Bertz CT molecular complexity index is 311. The first kappa shape index (κ1) is 14.5. The van der Waals surface area contributed by atoms with Gasteiger partial charge in [-0.2, -0.15) is 0 Å². The lowest BCUT2D eigenvalue weighted by atomic mass is 10.2. The number of thiocarbonyl (C=S) groups is 3. The molecule has 0 aliphatic rings. The topological polar surface area (TPSA) is 0 Å². The zero-order valence-corrected chi connectivity index (χ0v) is 11.0. The molecule has 0 heterocycles. The summed E-state index contributed by atoms with van der Waals surface area (Å²) >= 11 is 15.3. The summed E-state index contributed by atoms with van der Waals surface area (Å²) < 4.78 is 0. The van der Waals surface area contributed by atoms with Gasteiger partial charge in [-0.1, -0.05) is 54.9 Å². The van der Waals surface area contributed by atoms with Crippen LogP contribution in [0.25, 0.3) is 0 Å². The van der Waals surface area contributed by atoms with Crippen LogP contribution in [0.4, 0.5) is 0 Å². The molecule has 0 atom stereocenters. The van der Waals surface area contributed by atoms with E-state index in [4.69, 9.17) is 36.7 Å². The lowest BCUT2D eigenvalue weighted by Gasteiger charge is -1.97. The SMILES string of the molecule is C=CCC(=S)CC=CC(=S)C(=S)CC=C. The number of hydrogen-bond donors (Lipinski definition) is 0. The maximum Gasteiger partial charge on any atom is 0.0516 e. The maximum absolute atomic E-state index is 5.12. The predicted molar refractivity (Wildman–Crippen MR) is 81.2 cm³/mol. The molecule has 0 radical (unpaired) electrons. The van der Waals surface area contributed by atoms with Crippen LogP contribution in [-0.4, -0.2) is 14.6 Å². The fourth-order valence-corrected chi connectivity index (χ4v) is 1.45. The summed E-state index contributed by atoms with van der Waals surface area (Å²) in [5.41, 5.74) is 0. The molecule has 0 spiro atoms. The van der Waals surface area contributed by atoms with Gasteiger partial charge < -0.3 is 0 Å². The van der Waals surface area contributed by atoms with Gasteiger partial charge in [0.25, 0.3) is 0 Å². The highest BCUT2D eigenvalue weighted by molar-refractivity contribution is 7.89. The van der Waals surface area contributed by atoms with Crippen LogP contribution in [0.1, 0.15) is 19.3 Å². The van der Waals surface area contributed by atoms with E-state index in [-0.39, 0.29) is 0 Å². The van der Waals surface area contributed by atoms with Gasteiger partial charge in [-0.05, 0) is 18.9 Å². The Kier molecular flexibility index (Phi) is 8.47. The van der Waals surface area contributed by atoms with Crippen molar-refractivity contribution in [3.63, 3.8) is 0 Å². The van der Waals surface area contributed by atoms with E-state index in [2.05, 4.69) is 13.2 Å². The van der Waals surface area contributed by atoms with Gasteiger partial charge in [0.05, 0.1) is 4.86 Å². The average molecular weight is 254 g/mol. The van der Waals surface area contributed by atoms with Crippen LogP contribution in [0.2, 0.25) is 0 Å². The molecule has 0 rings (SSSR count). The Morgan fingerprint density at radius 3 is 2.07 bits per heavy atom. The summed E-state index contributed by atoms with van der Waals surface area (Å²) in [6.07, 6.45) is 9.53. The summed E-state index contributed by atoms with van der Waals surface area (Å²) in [4.78, 5) is 2.41. The van der Waals surface area contributed by atoms with Crippen LogP contribution in [0.15, 0.2) is 37.5 Å². The normalized spacial score (nSPS) is 9.87. The van der Waals surface area contributed by atoms with E-state index in [1.165, 1.54) is 0 Å². The first-order valence-electron chi connectivity index (χ1n) is 4.59. The summed E-state index contributed by atoms with van der Waals surface area (Å²) in [6.45, 7) is 7.24. The average Bonchev–Trinajstić information content (AvgIpc) is 2.18. The second-order valence-corrected chi connectivity index (χ2v) is 4.43. The predicted octanol–water partition coefficient (Wildman–Crippen LogP) is 4.19. The van der Waals surface area contributed by atoms with Crippen LogP contribution in [0, 0.1) is 0 Å². The van der Waals surface area contributed by atoms with Crippen LogP contribution in [0.5, 0.6) is 0 Å². The molecule has 0 saturated heterocycles. The number of hydrogen-bond acceptors (Lipinski definition) is 3. The summed E-state index contributed by atoms with van der Waals surface area (Å²) in [6, 6.07) is 0. The van der Waals surface area contributed by atoms with Gasteiger partial charge in [0.2, 0.25) is 0 Å². The summed E-state index contributed by atoms with van der Waals surface area (Å²) in [7, 11) is 0. The molecule has 0 aliphatic heterocycles. The molecule has 15 heavy (non-hydrogen) atoms. The summed E-state index contributed by atoms with van der Waals surface area (Å²) in [5.74, 6) is 0. The van der Waals surface area contributed by atoms with Crippen LogP contribution in [-0.2, 0) is 0 Å². The third-order valence-electron chi connectivity index (χ3n) is 1.59. The maximum atomic E-state index is 5.12. The lowest BCUT2D eigenvalue weighted by Crippen LogP contribution is -2.04. The van der Waals surface area contributed by atoms with E-state index in [9.17, 15) is 0 Å². The van der Waals surface area contributed by atoms with Crippen LogP contribution in [0.3, 0.4) is 0 Å². The van der Waals surface area contributed by atoms with E-state index in [0.29, 0.717) is 11.3 Å². The first-order valence-corrected chi connectivity index (χ1v) is 5.81. The minimum absolute atomic E-state index is 0.662. The van der Waals surface area contributed by atoms with Crippen molar-refractivity contribution in [1.29, 1.82) is 0 Å². The van der Waals surface area contributed by atoms with Crippen molar-refractivity contribution >= 4 is 51.2 Å². The fourth-order valence-electron chi connectivity index (χ4n) is 0.866. The Hall–Kier alpha value is -0.510. The van der Waals surface area contributed by atoms with Crippen molar-refractivity contribution in [3.05, 3.63) is 37.5 Å². The molecule has 0 aromatic rings. The molecule has 80 valence electrons. The van der Waals surface area contributed by atoms with E-state index in [1.54, 1.807) is 12.2 Å². The fraction of sp³-hybridized carbons (Fsp3) is 0.250. The zero-order valence-electron chi connectivity index (χ0n) is 8.57. The first-order chi connectivity index (χ1) is 7.11. The van der Waals surface area contributed by atoms with Crippen molar-refractivity contribution < 1.29 is 0 Å². The lowest BCUT2D eigenvalue weighted by molar-refractivity contribution is 1.40. The van der Waals surface area contributed by atoms with E-state index in [1.807, 2.05) is 12.2 Å². The standard InChI is InChI=1S/C12H14S3/c1-3-6-10(13)8-5-9-12(15)11(14)7-4-2/h3-5,9H,1-2,6-8H2.